The second-order valence-electron chi connectivity index (χ2n) is 5.60. The maximum atomic E-state index is 4.08. The highest BCUT2D eigenvalue weighted by Gasteiger charge is 2.16. The molecule has 3 heteroatoms. The van der Waals surface area contributed by atoms with E-state index in [1.165, 1.54) is 57.5 Å². The van der Waals surface area contributed by atoms with Crippen LogP contribution in [-0.2, 0) is 6.42 Å². The summed E-state index contributed by atoms with van der Waals surface area (Å²) in [4.78, 5) is 6.73. The third-order valence-electron chi connectivity index (χ3n) is 3.98. The fourth-order valence-corrected chi connectivity index (χ4v) is 2.88. The van der Waals surface area contributed by atoms with Gasteiger partial charge in [-0.3, -0.25) is 4.98 Å². The van der Waals surface area contributed by atoms with Gasteiger partial charge >= 0.3 is 0 Å². The van der Waals surface area contributed by atoms with Crippen molar-refractivity contribution < 1.29 is 0 Å². The van der Waals surface area contributed by atoms with Gasteiger partial charge in [-0.15, -0.1) is 0 Å². The number of hydrogen-bond donors (Lipinski definition) is 1. The third-order valence-corrected chi connectivity index (χ3v) is 3.98. The van der Waals surface area contributed by atoms with E-state index >= 15 is 0 Å². The third kappa shape index (κ3) is 5.29. The van der Waals surface area contributed by atoms with Gasteiger partial charge in [-0.05, 0) is 68.9 Å². The highest BCUT2D eigenvalue weighted by Crippen LogP contribution is 2.14. The second kappa shape index (κ2) is 8.28. The standard InChI is InChI=1S/C16H27N3/c1-2-12-19(14-16-5-10-18-11-6-16)13-7-15-3-8-17-9-4-15/h3-4,8-9,16,18H,2,5-7,10-14H2,1H3. The summed E-state index contributed by atoms with van der Waals surface area (Å²) >= 11 is 0. The minimum atomic E-state index is 0.894. The van der Waals surface area contributed by atoms with Crippen LogP contribution in [0.3, 0.4) is 0 Å². The van der Waals surface area contributed by atoms with Gasteiger partial charge in [0.05, 0.1) is 0 Å². The summed E-state index contributed by atoms with van der Waals surface area (Å²) in [5.41, 5.74) is 1.40. The van der Waals surface area contributed by atoms with E-state index in [4.69, 9.17) is 0 Å². The molecule has 0 bridgehead atoms. The van der Waals surface area contributed by atoms with Crippen molar-refractivity contribution in [2.75, 3.05) is 32.7 Å². The molecule has 19 heavy (non-hydrogen) atoms. The Kier molecular flexibility index (Phi) is 6.31. The first kappa shape index (κ1) is 14.5. The van der Waals surface area contributed by atoms with Crippen LogP contribution in [0.15, 0.2) is 24.5 Å². The normalized spacial score (nSPS) is 16.9. The summed E-state index contributed by atoms with van der Waals surface area (Å²) in [5.74, 6) is 0.894. The molecule has 0 unspecified atom stereocenters. The van der Waals surface area contributed by atoms with Crippen molar-refractivity contribution in [1.29, 1.82) is 0 Å². The lowest BCUT2D eigenvalue weighted by molar-refractivity contribution is 0.207. The quantitative estimate of drug-likeness (QED) is 0.816. The molecule has 1 fully saturated rings. The number of hydrogen-bond acceptors (Lipinski definition) is 3. The van der Waals surface area contributed by atoms with E-state index in [2.05, 4.69) is 34.3 Å². The summed E-state index contributed by atoms with van der Waals surface area (Å²) in [6.45, 7) is 8.38. The van der Waals surface area contributed by atoms with Gasteiger partial charge in [0.1, 0.15) is 0 Å². The molecule has 0 radical (unpaired) electrons. The Hall–Kier alpha value is -0.930. The van der Waals surface area contributed by atoms with Gasteiger partial charge in [0.25, 0.3) is 0 Å². The van der Waals surface area contributed by atoms with E-state index in [0.29, 0.717) is 0 Å². The van der Waals surface area contributed by atoms with Crippen LogP contribution in [0.5, 0.6) is 0 Å². The average molecular weight is 261 g/mol. The average Bonchev–Trinajstić information content (AvgIpc) is 2.47. The van der Waals surface area contributed by atoms with E-state index in [0.717, 1.165) is 12.3 Å². The van der Waals surface area contributed by atoms with Crippen molar-refractivity contribution in [2.45, 2.75) is 32.6 Å². The van der Waals surface area contributed by atoms with Crippen molar-refractivity contribution >= 4 is 0 Å². The summed E-state index contributed by atoms with van der Waals surface area (Å²) < 4.78 is 0. The topological polar surface area (TPSA) is 28.2 Å². The molecule has 1 aromatic heterocycles. The lowest BCUT2D eigenvalue weighted by Crippen LogP contribution is -2.37. The monoisotopic (exact) mass is 261 g/mol. The maximum Gasteiger partial charge on any atom is 0.0270 e. The molecule has 1 saturated heterocycles. The Morgan fingerprint density at radius 3 is 2.63 bits per heavy atom. The smallest absolute Gasteiger partial charge is 0.0270 e. The van der Waals surface area contributed by atoms with Crippen molar-refractivity contribution in [3.8, 4) is 0 Å². The van der Waals surface area contributed by atoms with Crippen LogP contribution >= 0.6 is 0 Å². The Morgan fingerprint density at radius 1 is 1.21 bits per heavy atom. The van der Waals surface area contributed by atoms with Gasteiger partial charge in [0.2, 0.25) is 0 Å². The molecule has 1 aliphatic heterocycles. The molecular formula is C16H27N3. The Bertz CT molecular complexity index is 333. The maximum absolute atomic E-state index is 4.08. The van der Waals surface area contributed by atoms with Crippen molar-refractivity contribution in [1.82, 2.24) is 15.2 Å². The molecule has 1 N–H and O–H groups in total. The number of aromatic nitrogens is 1. The minimum Gasteiger partial charge on any atom is -0.317 e. The van der Waals surface area contributed by atoms with Crippen LogP contribution in [0.1, 0.15) is 31.7 Å². The summed E-state index contributed by atoms with van der Waals surface area (Å²) in [5, 5.41) is 3.45. The number of rotatable bonds is 7. The Labute approximate surface area is 117 Å². The number of pyridine rings is 1. The van der Waals surface area contributed by atoms with E-state index in [9.17, 15) is 0 Å². The SMILES string of the molecule is CCCN(CCc1ccncc1)CC1CCNCC1. The van der Waals surface area contributed by atoms with Crippen molar-refractivity contribution in [3.63, 3.8) is 0 Å². The molecular weight excluding hydrogens is 234 g/mol. The van der Waals surface area contributed by atoms with Crippen LogP contribution in [-0.4, -0.2) is 42.6 Å². The van der Waals surface area contributed by atoms with E-state index in [1.807, 2.05) is 12.4 Å². The first-order chi connectivity index (χ1) is 9.38. The molecule has 0 saturated carbocycles. The zero-order valence-electron chi connectivity index (χ0n) is 12.1. The summed E-state index contributed by atoms with van der Waals surface area (Å²) in [7, 11) is 0. The lowest BCUT2D eigenvalue weighted by Gasteiger charge is -2.30. The molecule has 0 spiro atoms. The van der Waals surface area contributed by atoms with Crippen LogP contribution in [0, 0.1) is 5.92 Å². The van der Waals surface area contributed by atoms with E-state index in [-0.39, 0.29) is 0 Å². The Balaban J connectivity index is 1.78. The van der Waals surface area contributed by atoms with Crippen LogP contribution in [0.25, 0.3) is 0 Å². The molecule has 0 amide bonds. The first-order valence-corrected chi connectivity index (χ1v) is 7.70. The highest BCUT2D eigenvalue weighted by molar-refractivity contribution is 5.09. The summed E-state index contributed by atoms with van der Waals surface area (Å²) in [6.07, 6.45) is 8.87. The summed E-state index contributed by atoms with van der Waals surface area (Å²) in [6, 6.07) is 4.27. The van der Waals surface area contributed by atoms with Crippen molar-refractivity contribution in [3.05, 3.63) is 30.1 Å². The largest absolute Gasteiger partial charge is 0.317 e. The van der Waals surface area contributed by atoms with Crippen molar-refractivity contribution in [2.24, 2.45) is 5.92 Å². The second-order valence-corrected chi connectivity index (χ2v) is 5.60. The number of nitrogens with zero attached hydrogens (tertiary/aromatic N) is 2. The minimum absolute atomic E-state index is 0.894. The molecule has 2 rings (SSSR count). The first-order valence-electron chi connectivity index (χ1n) is 7.70. The molecule has 1 aromatic rings. The molecule has 1 aliphatic rings. The van der Waals surface area contributed by atoms with E-state index < -0.39 is 0 Å². The van der Waals surface area contributed by atoms with Gasteiger partial charge < -0.3 is 10.2 Å². The number of nitrogens with one attached hydrogen (secondary N) is 1. The predicted octanol–water partition coefficient (Wildman–Crippen LogP) is 2.34. The zero-order valence-corrected chi connectivity index (χ0v) is 12.1. The van der Waals surface area contributed by atoms with E-state index in [1.54, 1.807) is 0 Å². The van der Waals surface area contributed by atoms with Gasteiger partial charge in [-0.1, -0.05) is 6.92 Å². The van der Waals surface area contributed by atoms with Crippen LogP contribution < -0.4 is 5.32 Å². The molecule has 106 valence electrons. The molecule has 0 aliphatic carbocycles. The lowest BCUT2D eigenvalue weighted by atomic mass is 9.97. The molecule has 3 nitrogen and oxygen atoms in total. The fourth-order valence-electron chi connectivity index (χ4n) is 2.88. The van der Waals surface area contributed by atoms with Crippen LogP contribution in [0.2, 0.25) is 0 Å². The molecule has 2 heterocycles. The van der Waals surface area contributed by atoms with Gasteiger partial charge in [0, 0.05) is 25.5 Å². The van der Waals surface area contributed by atoms with Gasteiger partial charge in [-0.2, -0.15) is 0 Å². The van der Waals surface area contributed by atoms with Gasteiger partial charge in [-0.25, -0.2) is 0 Å². The zero-order chi connectivity index (χ0) is 13.3. The predicted molar refractivity (Wildman–Crippen MR) is 80.3 cm³/mol. The number of piperidine rings is 1. The Morgan fingerprint density at radius 2 is 1.95 bits per heavy atom. The fraction of sp³-hybridized carbons (Fsp3) is 0.688. The van der Waals surface area contributed by atoms with Gasteiger partial charge in [0.15, 0.2) is 0 Å². The highest BCUT2D eigenvalue weighted by atomic mass is 15.1. The molecule has 0 aromatic carbocycles. The molecule has 0 atom stereocenters. The van der Waals surface area contributed by atoms with Crippen LogP contribution in [0.4, 0.5) is 0 Å².